The number of hydrogen-bond donors (Lipinski definition) is 3. The Morgan fingerprint density at radius 2 is 1.71 bits per heavy atom. The number of rotatable bonds is 6. The highest BCUT2D eigenvalue weighted by molar-refractivity contribution is 5.95. The van der Waals surface area contributed by atoms with E-state index in [1.165, 1.54) is 0 Å². The molecule has 0 aliphatic rings. The van der Waals surface area contributed by atoms with E-state index in [0.717, 1.165) is 0 Å². The zero-order valence-corrected chi connectivity index (χ0v) is 12.3. The summed E-state index contributed by atoms with van der Waals surface area (Å²) >= 11 is 0. The molecule has 0 aliphatic carbocycles. The Morgan fingerprint density at radius 1 is 1.19 bits per heavy atom. The van der Waals surface area contributed by atoms with Crippen LogP contribution in [-0.2, 0) is 9.59 Å². The topological polar surface area (TPSA) is 84.2 Å². The standard InChI is InChI=1S/C16H21N3O2/c1-4-5-14(17)16(21)19-13-8-6-12(7-9-13)18-15(20)10-11(2)3/h1,6-9,11,14H,5,10,17H2,2-3H3,(H,18,20)(H,19,21). The summed E-state index contributed by atoms with van der Waals surface area (Å²) in [5, 5.41) is 5.46. The maximum absolute atomic E-state index is 11.7. The first-order valence-corrected chi connectivity index (χ1v) is 6.82. The molecule has 1 aromatic carbocycles. The molecule has 1 unspecified atom stereocenters. The molecule has 5 nitrogen and oxygen atoms in total. The van der Waals surface area contributed by atoms with E-state index in [0.29, 0.717) is 23.7 Å². The lowest BCUT2D eigenvalue weighted by molar-refractivity contribution is -0.117. The quantitative estimate of drug-likeness (QED) is 0.699. The molecule has 0 radical (unpaired) electrons. The zero-order valence-electron chi connectivity index (χ0n) is 12.3. The van der Waals surface area contributed by atoms with E-state index >= 15 is 0 Å². The predicted octanol–water partition coefficient (Wildman–Crippen LogP) is 1.96. The molecule has 1 rings (SSSR count). The molecular formula is C16H21N3O2. The second kappa shape index (κ2) is 8.08. The molecule has 0 aromatic heterocycles. The molecule has 0 saturated heterocycles. The van der Waals surface area contributed by atoms with Gasteiger partial charge in [-0.15, -0.1) is 12.3 Å². The van der Waals surface area contributed by atoms with Gasteiger partial charge in [-0.2, -0.15) is 0 Å². The highest BCUT2D eigenvalue weighted by atomic mass is 16.2. The molecule has 4 N–H and O–H groups in total. The lowest BCUT2D eigenvalue weighted by Gasteiger charge is -2.11. The Morgan fingerprint density at radius 3 is 2.19 bits per heavy atom. The number of hydrogen-bond acceptors (Lipinski definition) is 3. The first kappa shape index (κ1) is 16.7. The third-order valence-corrected chi connectivity index (χ3v) is 2.70. The molecule has 112 valence electrons. The molecule has 0 heterocycles. The van der Waals surface area contributed by atoms with Crippen LogP contribution in [0.3, 0.4) is 0 Å². The van der Waals surface area contributed by atoms with E-state index in [4.69, 9.17) is 12.2 Å². The zero-order chi connectivity index (χ0) is 15.8. The minimum absolute atomic E-state index is 0.0298. The molecule has 0 bridgehead atoms. The molecule has 0 spiro atoms. The summed E-state index contributed by atoms with van der Waals surface area (Å²) in [7, 11) is 0. The molecule has 0 fully saturated rings. The average molecular weight is 287 g/mol. The van der Waals surface area contributed by atoms with Crippen LogP contribution in [0.4, 0.5) is 11.4 Å². The monoisotopic (exact) mass is 287 g/mol. The van der Waals surface area contributed by atoms with Gasteiger partial charge in [0.15, 0.2) is 0 Å². The van der Waals surface area contributed by atoms with E-state index in [-0.39, 0.29) is 18.2 Å². The fraction of sp³-hybridized carbons (Fsp3) is 0.375. The van der Waals surface area contributed by atoms with Crippen molar-refractivity contribution in [3.63, 3.8) is 0 Å². The third-order valence-electron chi connectivity index (χ3n) is 2.70. The third kappa shape index (κ3) is 6.11. The van der Waals surface area contributed by atoms with Gasteiger partial charge in [-0.3, -0.25) is 9.59 Å². The Balaban J connectivity index is 2.56. The van der Waals surface area contributed by atoms with Crippen LogP contribution in [0, 0.1) is 18.3 Å². The van der Waals surface area contributed by atoms with Gasteiger partial charge in [0.2, 0.25) is 11.8 Å². The van der Waals surface area contributed by atoms with Gasteiger partial charge in [0, 0.05) is 24.2 Å². The van der Waals surface area contributed by atoms with E-state index in [9.17, 15) is 9.59 Å². The van der Waals surface area contributed by atoms with E-state index in [1.807, 2.05) is 13.8 Å². The van der Waals surface area contributed by atoms with Gasteiger partial charge < -0.3 is 16.4 Å². The van der Waals surface area contributed by atoms with Crippen LogP contribution in [0.2, 0.25) is 0 Å². The number of carbonyl (C=O) groups is 2. The van der Waals surface area contributed by atoms with Crippen molar-refractivity contribution in [3.8, 4) is 12.3 Å². The number of amides is 2. The fourth-order valence-electron chi connectivity index (χ4n) is 1.67. The highest BCUT2D eigenvalue weighted by Crippen LogP contribution is 2.14. The molecule has 0 saturated carbocycles. The molecule has 1 aromatic rings. The molecule has 2 amide bonds. The second-order valence-electron chi connectivity index (χ2n) is 5.23. The minimum atomic E-state index is -0.722. The van der Waals surface area contributed by atoms with Gasteiger partial charge >= 0.3 is 0 Å². The van der Waals surface area contributed by atoms with Crippen LogP contribution < -0.4 is 16.4 Å². The number of nitrogens with two attached hydrogens (primary N) is 1. The number of carbonyl (C=O) groups excluding carboxylic acids is 2. The van der Waals surface area contributed by atoms with Crippen molar-refractivity contribution in [1.29, 1.82) is 0 Å². The number of anilines is 2. The number of benzene rings is 1. The van der Waals surface area contributed by atoms with Gasteiger partial charge in [0.25, 0.3) is 0 Å². The van der Waals surface area contributed by atoms with Crippen molar-refractivity contribution in [2.75, 3.05) is 10.6 Å². The Labute approximate surface area is 125 Å². The van der Waals surface area contributed by atoms with Gasteiger partial charge in [-0.1, -0.05) is 13.8 Å². The first-order valence-electron chi connectivity index (χ1n) is 6.82. The van der Waals surface area contributed by atoms with E-state index < -0.39 is 6.04 Å². The summed E-state index contributed by atoms with van der Waals surface area (Å²) in [6, 6.07) is 6.12. The maximum Gasteiger partial charge on any atom is 0.242 e. The lowest BCUT2D eigenvalue weighted by Crippen LogP contribution is -2.35. The lowest BCUT2D eigenvalue weighted by atomic mass is 10.1. The summed E-state index contributed by atoms with van der Waals surface area (Å²) in [6.45, 7) is 3.97. The van der Waals surface area contributed by atoms with Crippen LogP contribution in [0.25, 0.3) is 0 Å². The molecular weight excluding hydrogens is 266 g/mol. The second-order valence-corrected chi connectivity index (χ2v) is 5.23. The molecule has 5 heteroatoms. The van der Waals surface area contributed by atoms with Gasteiger partial charge in [-0.05, 0) is 30.2 Å². The number of nitrogens with one attached hydrogen (secondary N) is 2. The Bertz CT molecular complexity index is 529. The predicted molar refractivity (Wildman–Crippen MR) is 84.6 cm³/mol. The van der Waals surface area contributed by atoms with Gasteiger partial charge in [0.05, 0.1) is 6.04 Å². The summed E-state index contributed by atoms with van der Waals surface area (Å²) in [6.07, 6.45) is 5.77. The van der Waals surface area contributed by atoms with Crippen LogP contribution in [0.1, 0.15) is 26.7 Å². The van der Waals surface area contributed by atoms with Crippen LogP contribution in [-0.4, -0.2) is 17.9 Å². The van der Waals surface area contributed by atoms with Crippen LogP contribution in [0.15, 0.2) is 24.3 Å². The summed E-state index contributed by atoms with van der Waals surface area (Å²) in [5.74, 6) is 2.29. The van der Waals surface area contributed by atoms with Gasteiger partial charge in [-0.25, -0.2) is 0 Å². The molecule has 21 heavy (non-hydrogen) atoms. The largest absolute Gasteiger partial charge is 0.326 e. The SMILES string of the molecule is C#CCC(N)C(=O)Nc1ccc(NC(=O)CC(C)C)cc1. The van der Waals surface area contributed by atoms with E-state index in [2.05, 4.69) is 16.6 Å². The number of terminal acetylenes is 1. The van der Waals surface area contributed by atoms with Crippen molar-refractivity contribution in [3.05, 3.63) is 24.3 Å². The van der Waals surface area contributed by atoms with Crippen LogP contribution in [0.5, 0.6) is 0 Å². The smallest absolute Gasteiger partial charge is 0.242 e. The minimum Gasteiger partial charge on any atom is -0.326 e. The summed E-state index contributed by atoms with van der Waals surface area (Å²) < 4.78 is 0. The van der Waals surface area contributed by atoms with E-state index in [1.54, 1.807) is 24.3 Å². The molecule has 0 aliphatic heterocycles. The molecule has 1 atom stereocenters. The highest BCUT2D eigenvalue weighted by Gasteiger charge is 2.12. The normalized spacial score (nSPS) is 11.6. The van der Waals surface area contributed by atoms with Gasteiger partial charge in [0.1, 0.15) is 0 Å². The van der Waals surface area contributed by atoms with Crippen molar-refractivity contribution >= 4 is 23.2 Å². The van der Waals surface area contributed by atoms with Crippen LogP contribution >= 0.6 is 0 Å². The Hall–Kier alpha value is -2.32. The first-order chi connectivity index (χ1) is 9.92. The summed E-state index contributed by atoms with van der Waals surface area (Å²) in [5.41, 5.74) is 6.90. The summed E-state index contributed by atoms with van der Waals surface area (Å²) in [4.78, 5) is 23.3. The van der Waals surface area contributed by atoms with Crippen molar-refractivity contribution in [2.45, 2.75) is 32.7 Å². The van der Waals surface area contributed by atoms with Crippen molar-refractivity contribution in [1.82, 2.24) is 0 Å². The average Bonchev–Trinajstić information content (AvgIpc) is 2.40. The Kier molecular flexibility index (Phi) is 6.44. The fourth-order valence-corrected chi connectivity index (χ4v) is 1.67. The maximum atomic E-state index is 11.7. The van der Waals surface area contributed by atoms with Crippen molar-refractivity contribution < 1.29 is 9.59 Å². The van der Waals surface area contributed by atoms with Crippen molar-refractivity contribution in [2.24, 2.45) is 11.7 Å².